The molecule has 0 spiro atoms. The molecule has 82 valence electrons. The van der Waals surface area contributed by atoms with Gasteiger partial charge in [-0.3, -0.25) is 0 Å². The van der Waals surface area contributed by atoms with Crippen LogP contribution < -0.4 is 5.32 Å². The first-order chi connectivity index (χ1) is 7.13. The topological polar surface area (TPSA) is 32.3 Å². The van der Waals surface area contributed by atoms with Crippen LogP contribution in [0.3, 0.4) is 0 Å². The Bertz CT molecular complexity index is 332. The van der Waals surface area contributed by atoms with Crippen LogP contribution in [-0.2, 0) is 6.54 Å². The third kappa shape index (κ3) is 3.00. The van der Waals surface area contributed by atoms with Gasteiger partial charge in [0.25, 0.3) is 0 Å². The Balaban J connectivity index is 1.88. The molecule has 1 aromatic carbocycles. The summed E-state index contributed by atoms with van der Waals surface area (Å²) in [6, 6.07) is 5.23. The molecule has 1 fully saturated rings. The van der Waals surface area contributed by atoms with Crippen LogP contribution in [0.4, 0.5) is 4.39 Å². The Hall–Kier alpha value is -0.450. The summed E-state index contributed by atoms with van der Waals surface area (Å²) >= 11 is 3.25. The van der Waals surface area contributed by atoms with E-state index < -0.39 is 0 Å². The van der Waals surface area contributed by atoms with Crippen LogP contribution in [0.1, 0.15) is 18.4 Å². The number of hydrogen-bond acceptors (Lipinski definition) is 2. The number of benzene rings is 1. The molecule has 1 aromatic rings. The molecular formula is C11H13BrFNO. The van der Waals surface area contributed by atoms with E-state index in [0.717, 1.165) is 22.9 Å². The summed E-state index contributed by atoms with van der Waals surface area (Å²) in [5, 5.41) is 12.4. The molecule has 1 saturated carbocycles. The molecule has 0 heterocycles. The minimum absolute atomic E-state index is 0.151. The number of nitrogens with one attached hydrogen (secondary N) is 1. The van der Waals surface area contributed by atoms with Crippen LogP contribution in [0.15, 0.2) is 22.7 Å². The number of rotatable bonds is 3. The third-order valence-electron chi connectivity index (χ3n) is 2.63. The number of hydrogen-bond donors (Lipinski definition) is 2. The molecule has 0 unspecified atom stereocenters. The van der Waals surface area contributed by atoms with Crippen LogP contribution in [-0.4, -0.2) is 17.3 Å². The van der Waals surface area contributed by atoms with Crippen molar-refractivity contribution in [3.8, 4) is 0 Å². The first-order valence-corrected chi connectivity index (χ1v) is 5.79. The smallest absolute Gasteiger partial charge is 0.124 e. The average molecular weight is 274 g/mol. The van der Waals surface area contributed by atoms with Gasteiger partial charge in [-0.1, -0.05) is 15.9 Å². The molecule has 0 aliphatic heterocycles. The standard InChI is InChI=1S/C11H13BrFNO/c12-8-1-7(2-9(13)3-8)6-14-10-4-11(15)5-10/h1-3,10-11,14-15H,4-6H2. The summed E-state index contributed by atoms with van der Waals surface area (Å²) in [7, 11) is 0. The molecule has 0 amide bonds. The minimum atomic E-state index is -0.227. The van der Waals surface area contributed by atoms with Crippen LogP contribution in [0, 0.1) is 5.82 Å². The largest absolute Gasteiger partial charge is 0.393 e. The Kier molecular flexibility index (Phi) is 3.38. The fourth-order valence-corrected chi connectivity index (χ4v) is 2.24. The number of halogens is 2. The van der Waals surface area contributed by atoms with Crippen molar-refractivity contribution in [2.45, 2.75) is 31.5 Å². The summed E-state index contributed by atoms with van der Waals surface area (Å²) in [4.78, 5) is 0. The highest BCUT2D eigenvalue weighted by atomic mass is 79.9. The van der Waals surface area contributed by atoms with Gasteiger partial charge in [0, 0.05) is 17.1 Å². The molecule has 1 aliphatic carbocycles. The van der Waals surface area contributed by atoms with Crippen molar-refractivity contribution in [1.29, 1.82) is 0 Å². The number of aliphatic hydroxyl groups excluding tert-OH is 1. The van der Waals surface area contributed by atoms with E-state index in [1.165, 1.54) is 12.1 Å². The summed E-state index contributed by atoms with van der Waals surface area (Å²) in [6.45, 7) is 0.647. The van der Waals surface area contributed by atoms with Crippen molar-refractivity contribution < 1.29 is 9.50 Å². The zero-order chi connectivity index (χ0) is 10.8. The van der Waals surface area contributed by atoms with E-state index in [0.29, 0.717) is 12.6 Å². The molecule has 0 radical (unpaired) electrons. The van der Waals surface area contributed by atoms with Crippen molar-refractivity contribution in [3.05, 3.63) is 34.1 Å². The first kappa shape index (κ1) is 11.0. The molecule has 0 aromatic heterocycles. The van der Waals surface area contributed by atoms with E-state index >= 15 is 0 Å². The zero-order valence-electron chi connectivity index (χ0n) is 8.21. The second-order valence-corrected chi connectivity index (χ2v) is 4.90. The van der Waals surface area contributed by atoms with Crippen LogP contribution in [0.25, 0.3) is 0 Å². The molecule has 15 heavy (non-hydrogen) atoms. The Morgan fingerprint density at radius 2 is 2.13 bits per heavy atom. The second kappa shape index (κ2) is 4.60. The third-order valence-corrected chi connectivity index (χ3v) is 3.09. The van der Waals surface area contributed by atoms with Crippen molar-refractivity contribution in [2.75, 3.05) is 0 Å². The molecule has 1 aliphatic rings. The predicted molar refractivity (Wildman–Crippen MR) is 60.0 cm³/mol. The summed E-state index contributed by atoms with van der Waals surface area (Å²) in [6.07, 6.45) is 1.45. The summed E-state index contributed by atoms with van der Waals surface area (Å²) < 4.78 is 13.8. The van der Waals surface area contributed by atoms with Crippen molar-refractivity contribution in [2.24, 2.45) is 0 Å². The molecular weight excluding hydrogens is 261 g/mol. The fourth-order valence-electron chi connectivity index (χ4n) is 1.73. The van der Waals surface area contributed by atoms with Crippen molar-refractivity contribution in [3.63, 3.8) is 0 Å². The van der Waals surface area contributed by atoms with Gasteiger partial charge in [0.1, 0.15) is 5.82 Å². The quantitative estimate of drug-likeness (QED) is 0.885. The minimum Gasteiger partial charge on any atom is -0.393 e. The van der Waals surface area contributed by atoms with Gasteiger partial charge in [-0.2, -0.15) is 0 Å². The lowest BCUT2D eigenvalue weighted by atomic mass is 9.89. The van der Waals surface area contributed by atoms with Gasteiger partial charge in [-0.25, -0.2) is 4.39 Å². The molecule has 2 rings (SSSR count). The van der Waals surface area contributed by atoms with Crippen LogP contribution in [0.2, 0.25) is 0 Å². The van der Waals surface area contributed by atoms with E-state index in [2.05, 4.69) is 21.2 Å². The molecule has 0 bridgehead atoms. The van der Waals surface area contributed by atoms with Gasteiger partial charge in [0.05, 0.1) is 6.10 Å². The second-order valence-electron chi connectivity index (χ2n) is 3.98. The van der Waals surface area contributed by atoms with E-state index in [4.69, 9.17) is 5.11 Å². The van der Waals surface area contributed by atoms with Gasteiger partial charge < -0.3 is 10.4 Å². The van der Waals surface area contributed by atoms with E-state index in [9.17, 15) is 4.39 Å². The van der Waals surface area contributed by atoms with E-state index in [1.54, 1.807) is 0 Å². The number of aliphatic hydroxyl groups is 1. The van der Waals surface area contributed by atoms with Gasteiger partial charge in [0.2, 0.25) is 0 Å². The maximum Gasteiger partial charge on any atom is 0.124 e. The van der Waals surface area contributed by atoms with Gasteiger partial charge in [-0.15, -0.1) is 0 Å². The Labute approximate surface area is 96.6 Å². The van der Waals surface area contributed by atoms with Crippen LogP contribution in [0.5, 0.6) is 0 Å². The highest BCUT2D eigenvalue weighted by Gasteiger charge is 2.26. The van der Waals surface area contributed by atoms with Gasteiger partial charge >= 0.3 is 0 Å². The van der Waals surface area contributed by atoms with Gasteiger partial charge in [-0.05, 0) is 36.6 Å². The first-order valence-electron chi connectivity index (χ1n) is 5.00. The zero-order valence-corrected chi connectivity index (χ0v) is 9.80. The molecule has 0 atom stereocenters. The normalized spacial score (nSPS) is 25.0. The van der Waals surface area contributed by atoms with Crippen LogP contribution >= 0.6 is 15.9 Å². The van der Waals surface area contributed by atoms with Crippen molar-refractivity contribution in [1.82, 2.24) is 5.32 Å². The average Bonchev–Trinajstić information content (AvgIpc) is 2.09. The molecule has 0 saturated heterocycles. The van der Waals surface area contributed by atoms with Crippen molar-refractivity contribution >= 4 is 15.9 Å². The lowest BCUT2D eigenvalue weighted by Gasteiger charge is -2.32. The maximum absolute atomic E-state index is 13.0. The van der Waals surface area contributed by atoms with E-state index in [-0.39, 0.29) is 11.9 Å². The highest BCUT2D eigenvalue weighted by Crippen LogP contribution is 2.20. The Morgan fingerprint density at radius 1 is 1.40 bits per heavy atom. The SMILES string of the molecule is OC1CC(NCc2cc(F)cc(Br)c2)C1. The highest BCUT2D eigenvalue weighted by molar-refractivity contribution is 9.10. The summed E-state index contributed by atoms with van der Waals surface area (Å²) in [5.41, 5.74) is 0.920. The predicted octanol–water partition coefficient (Wildman–Crippen LogP) is 2.20. The molecule has 4 heteroatoms. The lowest BCUT2D eigenvalue weighted by molar-refractivity contribution is 0.0619. The lowest BCUT2D eigenvalue weighted by Crippen LogP contribution is -2.43. The van der Waals surface area contributed by atoms with Gasteiger partial charge in [0.15, 0.2) is 0 Å². The maximum atomic E-state index is 13.0. The molecule has 2 nitrogen and oxygen atoms in total. The monoisotopic (exact) mass is 273 g/mol. The van der Waals surface area contributed by atoms with E-state index in [1.807, 2.05) is 6.07 Å². The fraction of sp³-hybridized carbons (Fsp3) is 0.455. The summed E-state index contributed by atoms with van der Waals surface area (Å²) in [5.74, 6) is -0.227. The molecule has 2 N–H and O–H groups in total. The Morgan fingerprint density at radius 3 is 2.73 bits per heavy atom.